The first kappa shape index (κ1) is 55.3. The van der Waals surface area contributed by atoms with Crippen molar-refractivity contribution in [3.8, 4) is 11.4 Å². The van der Waals surface area contributed by atoms with Crippen LogP contribution >= 0.6 is 0 Å². The van der Waals surface area contributed by atoms with Gasteiger partial charge in [0, 0.05) is 61.4 Å². The van der Waals surface area contributed by atoms with Crippen LogP contribution in [-0.2, 0) is 84.2 Å². The second-order valence-corrected chi connectivity index (χ2v) is 19.8. The topological polar surface area (TPSA) is 294 Å². The second-order valence-electron chi connectivity index (χ2n) is 19.8. The van der Waals surface area contributed by atoms with E-state index in [2.05, 4.69) is 26.6 Å². The van der Waals surface area contributed by atoms with Crippen molar-refractivity contribution < 1.29 is 62.1 Å². The standard InChI is InChI=1S/C54H62FN9O13/c1-5-54(75)35-20-40-49-33(25-64(40)52(73)34(35)26-77-53(54)74)48-39(16-15-32-30(3)36(55)21-37(61-49)47(32)48)62(4)46(70)27-76-28-59-43(67)23-58-50(71)38(19-31-12-8-6-9-13-31)60-44(68)24-57-42(66)22-56-41(65)14-10-7-11-17-63-45(69)18-29(2)51(63)72/h6,8-9,12-13,20-21,29,38-39,75H,5,7,10-11,14-19,22-28H2,1-4H3,(H,56,65)(H,57,66)(H,58,71)(H,59,67)(H,60,68)/t29?,38-,39-,54-/m0/s1. The summed E-state index contributed by atoms with van der Waals surface area (Å²) in [6.07, 6.45) is 2.74. The number of halogens is 1. The third-order valence-electron chi connectivity index (χ3n) is 14.8. The van der Waals surface area contributed by atoms with E-state index in [1.165, 1.54) is 20.4 Å². The Morgan fingerprint density at radius 2 is 1.64 bits per heavy atom. The number of carbonyl (C=O) groups excluding carboxylic acids is 9. The number of nitrogens with one attached hydrogen (secondary N) is 5. The number of cyclic esters (lactones) is 1. The fraction of sp³-hybridized carbons (Fsp3) is 0.463. The molecule has 2 aromatic heterocycles. The average Bonchev–Trinajstić information content (AvgIpc) is 4.14. The molecule has 0 bridgehead atoms. The fourth-order valence-corrected chi connectivity index (χ4v) is 10.4. The van der Waals surface area contributed by atoms with E-state index in [4.69, 9.17) is 14.5 Å². The molecule has 6 N–H and O–H groups in total. The molecular formula is C54H62FN9O13. The number of benzene rings is 2. The molecule has 0 radical (unpaired) electrons. The predicted octanol–water partition coefficient (Wildman–Crippen LogP) is 1.09. The number of likely N-dealkylation sites (N-methyl/N-ethyl adjacent to an activating group) is 1. The van der Waals surface area contributed by atoms with Gasteiger partial charge in [-0.2, -0.15) is 0 Å². The van der Waals surface area contributed by atoms with E-state index in [0.29, 0.717) is 83.2 Å². The molecular weight excluding hydrogens is 1000 g/mol. The number of ether oxygens (including phenoxy) is 2. The Balaban J connectivity index is 0.813. The van der Waals surface area contributed by atoms with Gasteiger partial charge in [-0.25, -0.2) is 14.2 Å². The van der Waals surface area contributed by atoms with Crippen LogP contribution in [0.3, 0.4) is 0 Å². The molecule has 2 aromatic carbocycles. The number of pyridine rings is 2. The lowest BCUT2D eigenvalue weighted by molar-refractivity contribution is -0.172. The second kappa shape index (κ2) is 23.5. The van der Waals surface area contributed by atoms with Crippen molar-refractivity contribution >= 4 is 64.1 Å². The van der Waals surface area contributed by atoms with Gasteiger partial charge in [-0.3, -0.25) is 48.1 Å². The summed E-state index contributed by atoms with van der Waals surface area (Å²) >= 11 is 0. The zero-order valence-electron chi connectivity index (χ0n) is 43.3. The summed E-state index contributed by atoms with van der Waals surface area (Å²) in [6.45, 7) is 2.72. The maximum atomic E-state index is 15.4. The van der Waals surface area contributed by atoms with E-state index in [-0.39, 0.29) is 67.7 Å². The van der Waals surface area contributed by atoms with E-state index in [1.54, 1.807) is 64.2 Å². The number of hydrogen-bond donors (Lipinski definition) is 6. The monoisotopic (exact) mass is 1060 g/mol. The molecule has 408 valence electrons. The summed E-state index contributed by atoms with van der Waals surface area (Å²) in [6, 6.07) is 9.93. The molecule has 8 rings (SSSR count). The highest BCUT2D eigenvalue weighted by Crippen LogP contribution is 2.47. The van der Waals surface area contributed by atoms with E-state index < -0.39 is 103 Å². The Hall–Kier alpha value is -7.92. The summed E-state index contributed by atoms with van der Waals surface area (Å²) in [4.78, 5) is 136. The van der Waals surface area contributed by atoms with Crippen molar-refractivity contribution in [1.82, 2.24) is 45.9 Å². The summed E-state index contributed by atoms with van der Waals surface area (Å²) in [5, 5.41) is 24.5. The highest BCUT2D eigenvalue weighted by atomic mass is 19.1. The van der Waals surface area contributed by atoms with Crippen LogP contribution in [0.2, 0.25) is 0 Å². The molecule has 22 nitrogen and oxygen atoms in total. The number of hydrogen-bond acceptors (Lipinski definition) is 14. The van der Waals surface area contributed by atoms with Crippen molar-refractivity contribution in [2.75, 3.05) is 46.6 Å². The number of carbonyl (C=O) groups is 9. The van der Waals surface area contributed by atoms with E-state index in [0.717, 1.165) is 5.56 Å². The lowest BCUT2D eigenvalue weighted by Gasteiger charge is -2.35. The summed E-state index contributed by atoms with van der Waals surface area (Å²) < 4.78 is 27.7. The molecule has 5 heterocycles. The minimum absolute atomic E-state index is 0.0393. The molecule has 1 unspecified atom stereocenters. The van der Waals surface area contributed by atoms with Gasteiger partial charge >= 0.3 is 5.97 Å². The number of unbranched alkanes of at least 4 members (excludes halogenated alkanes) is 2. The SMILES string of the molecule is CC[C@@]1(O)C(=O)OCc2c1cc1n(c2=O)Cc2c-1nc1cc(F)c(C)c3c1c2[C@@H](N(C)C(=O)COCNC(=O)CNC(=O)[C@H](Cc1ccccc1)NC(=O)CNC(=O)CNC(=O)CCCCCN1C(=O)CC(C)C1=O)CC3. The molecule has 3 aliphatic heterocycles. The maximum absolute atomic E-state index is 15.4. The van der Waals surface area contributed by atoms with Crippen LogP contribution in [-0.4, -0.2) is 130 Å². The Morgan fingerprint density at radius 1 is 0.922 bits per heavy atom. The highest BCUT2D eigenvalue weighted by molar-refractivity contribution is 6.03. The number of nitrogens with zero attached hydrogens (tertiary/aromatic N) is 4. The van der Waals surface area contributed by atoms with Crippen LogP contribution in [0.1, 0.15) is 104 Å². The minimum atomic E-state index is -2.05. The zero-order chi connectivity index (χ0) is 55.3. The molecule has 4 aliphatic rings. The van der Waals surface area contributed by atoms with E-state index >= 15 is 4.39 Å². The van der Waals surface area contributed by atoms with Crippen LogP contribution < -0.4 is 32.1 Å². The van der Waals surface area contributed by atoms with Crippen molar-refractivity contribution in [1.29, 1.82) is 0 Å². The lowest BCUT2D eigenvalue weighted by Crippen LogP contribution is -2.52. The van der Waals surface area contributed by atoms with Crippen LogP contribution in [0.4, 0.5) is 4.39 Å². The molecule has 1 fully saturated rings. The third kappa shape index (κ3) is 11.7. The summed E-state index contributed by atoms with van der Waals surface area (Å²) in [5.41, 5.74) is 1.96. The van der Waals surface area contributed by atoms with Gasteiger partial charge in [0.2, 0.25) is 47.3 Å². The van der Waals surface area contributed by atoms with Crippen LogP contribution in [0.25, 0.3) is 22.3 Å². The number of rotatable bonds is 22. The third-order valence-corrected chi connectivity index (χ3v) is 14.8. The number of likely N-dealkylation sites (tertiary alicyclic amines) is 1. The summed E-state index contributed by atoms with van der Waals surface area (Å²) in [7, 11) is 1.60. The van der Waals surface area contributed by atoms with Crippen LogP contribution in [0.15, 0.2) is 47.3 Å². The number of amides is 8. The Kier molecular flexibility index (Phi) is 16.9. The van der Waals surface area contributed by atoms with Crippen molar-refractivity contribution in [3.05, 3.63) is 97.6 Å². The van der Waals surface area contributed by atoms with E-state index in [9.17, 15) is 53.1 Å². The Morgan fingerprint density at radius 3 is 2.36 bits per heavy atom. The van der Waals surface area contributed by atoms with Crippen molar-refractivity contribution in [3.63, 3.8) is 0 Å². The van der Waals surface area contributed by atoms with Gasteiger partial charge < -0.3 is 50.6 Å². The first-order valence-electron chi connectivity index (χ1n) is 25.7. The average molecular weight is 1060 g/mol. The largest absolute Gasteiger partial charge is 0.458 e. The molecule has 4 atom stereocenters. The molecule has 8 amide bonds. The zero-order valence-corrected chi connectivity index (χ0v) is 43.3. The van der Waals surface area contributed by atoms with Gasteiger partial charge in [-0.1, -0.05) is 50.6 Å². The quantitative estimate of drug-likeness (QED) is 0.0245. The smallest absolute Gasteiger partial charge is 0.343 e. The molecule has 4 aromatic rings. The van der Waals surface area contributed by atoms with E-state index in [1.807, 2.05) is 0 Å². The minimum Gasteiger partial charge on any atom is -0.458 e. The van der Waals surface area contributed by atoms with Gasteiger partial charge in [-0.15, -0.1) is 0 Å². The molecule has 77 heavy (non-hydrogen) atoms. The molecule has 23 heteroatoms. The number of aromatic nitrogens is 2. The van der Waals surface area contributed by atoms with Crippen LogP contribution in [0.5, 0.6) is 0 Å². The Labute approximate surface area is 441 Å². The molecule has 0 spiro atoms. The van der Waals surface area contributed by atoms with Gasteiger partial charge in [-0.05, 0) is 67.3 Å². The van der Waals surface area contributed by atoms with Gasteiger partial charge in [0.1, 0.15) is 31.8 Å². The number of aryl methyl sites for hydroxylation is 1. The lowest BCUT2D eigenvalue weighted by atomic mass is 9.81. The molecule has 0 saturated carbocycles. The molecule has 1 saturated heterocycles. The first-order valence-corrected chi connectivity index (χ1v) is 25.7. The highest BCUT2D eigenvalue weighted by Gasteiger charge is 2.46. The first-order chi connectivity index (χ1) is 36.8. The molecule has 1 aliphatic carbocycles. The normalized spacial score (nSPS) is 18.4. The maximum Gasteiger partial charge on any atom is 0.343 e. The van der Waals surface area contributed by atoms with Gasteiger partial charge in [0.15, 0.2) is 5.60 Å². The van der Waals surface area contributed by atoms with Gasteiger partial charge in [0.05, 0.1) is 54.7 Å². The number of aliphatic hydroxyl groups is 1. The summed E-state index contributed by atoms with van der Waals surface area (Å²) in [5.74, 6) is -5.61. The van der Waals surface area contributed by atoms with Crippen LogP contribution in [0, 0.1) is 18.7 Å². The predicted molar refractivity (Wildman–Crippen MR) is 272 cm³/mol. The Bertz CT molecular complexity index is 3130. The number of imide groups is 1. The van der Waals surface area contributed by atoms with Crippen molar-refractivity contribution in [2.24, 2.45) is 5.92 Å². The number of esters is 1. The number of fused-ring (bicyclic) bond motifs is 5. The van der Waals surface area contributed by atoms with Gasteiger partial charge in [0.25, 0.3) is 5.56 Å². The fourth-order valence-electron chi connectivity index (χ4n) is 10.4. The van der Waals surface area contributed by atoms with Crippen molar-refractivity contribution in [2.45, 2.75) is 109 Å².